The Kier molecular flexibility index (Phi) is 6.73. The molecular weight excluding hydrogens is 418 g/mol. The van der Waals surface area contributed by atoms with Gasteiger partial charge in [-0.15, -0.1) is 5.10 Å². The highest BCUT2D eigenvalue weighted by Gasteiger charge is 2.24. The second-order valence-electron chi connectivity index (χ2n) is 7.64. The molecule has 0 saturated carbocycles. The Balaban J connectivity index is 1.52. The first-order valence-corrected chi connectivity index (χ1v) is 10.8. The van der Waals surface area contributed by atoms with Crippen molar-refractivity contribution in [2.24, 2.45) is 5.92 Å². The van der Waals surface area contributed by atoms with Crippen molar-refractivity contribution >= 4 is 22.8 Å². The zero-order valence-electron chi connectivity index (χ0n) is 18.6. The highest BCUT2D eigenvalue weighted by molar-refractivity contribution is 5.94. The smallest absolute Gasteiger partial charge is 0.311 e. The van der Waals surface area contributed by atoms with Crippen LogP contribution in [0.3, 0.4) is 0 Å². The average Bonchev–Trinajstić information content (AvgIpc) is 3.23. The molecule has 4 aromatic rings. The molecule has 0 radical (unpaired) electrons. The van der Waals surface area contributed by atoms with Crippen LogP contribution in [0.15, 0.2) is 66.9 Å². The maximum atomic E-state index is 12.9. The first-order chi connectivity index (χ1) is 16.1. The van der Waals surface area contributed by atoms with Crippen molar-refractivity contribution in [2.45, 2.75) is 20.3 Å². The summed E-state index contributed by atoms with van der Waals surface area (Å²) in [5.41, 5.74) is 3.29. The van der Waals surface area contributed by atoms with Gasteiger partial charge in [0.2, 0.25) is 0 Å². The summed E-state index contributed by atoms with van der Waals surface area (Å²) in [6.07, 6.45) is 2.18. The van der Waals surface area contributed by atoms with E-state index in [1.54, 1.807) is 24.7 Å². The number of carbonyl (C=O) groups excluding carboxylic acids is 2. The number of nitrogens with one attached hydrogen (secondary N) is 1. The van der Waals surface area contributed by atoms with Crippen LogP contribution in [0, 0.1) is 12.8 Å². The molecule has 1 atom stereocenters. The van der Waals surface area contributed by atoms with Crippen LogP contribution in [0.4, 0.5) is 0 Å². The van der Waals surface area contributed by atoms with Gasteiger partial charge < -0.3 is 10.1 Å². The molecule has 1 N–H and O–H groups in total. The van der Waals surface area contributed by atoms with E-state index in [1.807, 2.05) is 60.7 Å². The van der Waals surface area contributed by atoms with Crippen LogP contribution in [0.25, 0.3) is 16.6 Å². The number of hydrogen-bond acceptors (Lipinski definition) is 6. The summed E-state index contributed by atoms with van der Waals surface area (Å²) in [6.45, 7) is 3.96. The molecule has 0 bridgehead atoms. The zero-order valence-corrected chi connectivity index (χ0v) is 18.6. The molecule has 0 aliphatic carbocycles. The van der Waals surface area contributed by atoms with Gasteiger partial charge in [0, 0.05) is 18.1 Å². The lowest BCUT2D eigenvalue weighted by Crippen LogP contribution is -2.35. The second kappa shape index (κ2) is 10.0. The van der Waals surface area contributed by atoms with Crippen molar-refractivity contribution in [2.75, 3.05) is 13.2 Å². The monoisotopic (exact) mass is 443 g/mol. The number of nitrogens with zero attached hydrogens (tertiary/aromatic N) is 4. The van der Waals surface area contributed by atoms with Crippen LogP contribution >= 0.6 is 0 Å². The van der Waals surface area contributed by atoms with Crippen molar-refractivity contribution in [3.05, 3.63) is 83.8 Å². The van der Waals surface area contributed by atoms with Crippen molar-refractivity contribution in [1.29, 1.82) is 0 Å². The number of fused-ring (bicyclic) bond motifs is 1. The van der Waals surface area contributed by atoms with Crippen molar-refractivity contribution in [3.8, 4) is 5.69 Å². The molecule has 168 valence electrons. The Morgan fingerprint density at radius 3 is 2.64 bits per heavy atom. The number of pyridine rings is 1. The van der Waals surface area contributed by atoms with Gasteiger partial charge in [-0.25, -0.2) is 4.68 Å². The van der Waals surface area contributed by atoms with Crippen molar-refractivity contribution < 1.29 is 14.3 Å². The number of amides is 1. The summed E-state index contributed by atoms with van der Waals surface area (Å²) in [5.74, 6) is -1.24. The Morgan fingerprint density at radius 1 is 1.06 bits per heavy atom. The predicted molar refractivity (Wildman–Crippen MR) is 124 cm³/mol. The molecule has 33 heavy (non-hydrogen) atoms. The first-order valence-electron chi connectivity index (χ1n) is 10.8. The lowest BCUT2D eigenvalue weighted by atomic mass is 9.99. The fourth-order valence-corrected chi connectivity index (χ4v) is 3.72. The molecule has 4 rings (SSSR count). The van der Waals surface area contributed by atoms with Gasteiger partial charge in [-0.05, 0) is 38.0 Å². The Hall–Kier alpha value is -4.07. The Morgan fingerprint density at radius 2 is 1.85 bits per heavy atom. The van der Waals surface area contributed by atoms with Gasteiger partial charge in [-0.2, -0.15) is 0 Å². The Labute approximate surface area is 191 Å². The molecule has 2 aromatic carbocycles. The van der Waals surface area contributed by atoms with E-state index < -0.39 is 11.8 Å². The van der Waals surface area contributed by atoms with E-state index in [0.29, 0.717) is 12.1 Å². The van der Waals surface area contributed by atoms with E-state index in [2.05, 4.69) is 20.6 Å². The van der Waals surface area contributed by atoms with Crippen LogP contribution in [0.5, 0.6) is 0 Å². The van der Waals surface area contributed by atoms with Gasteiger partial charge in [-0.3, -0.25) is 14.6 Å². The number of para-hydroxylation sites is 1. The van der Waals surface area contributed by atoms with Crippen LogP contribution in [-0.2, 0) is 16.0 Å². The Bertz CT molecular complexity index is 1260. The molecule has 0 aliphatic rings. The standard InChI is InChI=1S/C25H25N5O3/c1-3-33-25(32)20(15-18-9-5-4-6-10-18)16-27-24(31)22-17(2)30(29-28-22)21-13-7-11-19-12-8-14-26-23(19)21/h4-14,20H,3,15-16H2,1-2H3,(H,27,31). The molecule has 0 fully saturated rings. The number of aromatic nitrogens is 4. The lowest BCUT2D eigenvalue weighted by Gasteiger charge is -2.16. The highest BCUT2D eigenvalue weighted by Crippen LogP contribution is 2.21. The summed E-state index contributed by atoms with van der Waals surface area (Å²) in [4.78, 5) is 29.8. The highest BCUT2D eigenvalue weighted by atomic mass is 16.5. The van der Waals surface area contributed by atoms with E-state index in [4.69, 9.17) is 4.74 Å². The van der Waals surface area contributed by atoms with Gasteiger partial charge >= 0.3 is 5.97 Å². The van der Waals surface area contributed by atoms with Crippen LogP contribution < -0.4 is 5.32 Å². The molecule has 0 saturated heterocycles. The van der Waals surface area contributed by atoms with Crippen LogP contribution in [0.2, 0.25) is 0 Å². The molecule has 2 heterocycles. The van der Waals surface area contributed by atoms with Gasteiger partial charge in [-0.1, -0.05) is 53.7 Å². The number of rotatable bonds is 8. The third-order valence-corrected chi connectivity index (χ3v) is 5.40. The van der Waals surface area contributed by atoms with Crippen molar-refractivity contribution in [1.82, 2.24) is 25.3 Å². The third-order valence-electron chi connectivity index (χ3n) is 5.40. The zero-order chi connectivity index (χ0) is 23.2. The molecular formula is C25H25N5O3. The van der Waals surface area contributed by atoms with E-state index in [1.165, 1.54) is 0 Å². The SMILES string of the molecule is CCOC(=O)C(CNC(=O)c1nnn(-c2cccc3cccnc23)c1C)Cc1ccccc1. The second-order valence-corrected chi connectivity index (χ2v) is 7.64. The number of ether oxygens (including phenoxy) is 1. The molecule has 8 nitrogen and oxygen atoms in total. The fraction of sp³-hybridized carbons (Fsp3) is 0.240. The molecule has 0 spiro atoms. The van der Waals surface area contributed by atoms with E-state index in [9.17, 15) is 9.59 Å². The average molecular weight is 444 g/mol. The summed E-state index contributed by atoms with van der Waals surface area (Å²) < 4.78 is 6.82. The quantitative estimate of drug-likeness (QED) is 0.420. The molecule has 2 aromatic heterocycles. The third kappa shape index (κ3) is 4.90. The first kappa shape index (κ1) is 22.1. The minimum atomic E-state index is -0.506. The van der Waals surface area contributed by atoms with E-state index in [0.717, 1.165) is 22.2 Å². The summed E-state index contributed by atoms with van der Waals surface area (Å²) in [5, 5.41) is 12.1. The maximum absolute atomic E-state index is 12.9. The molecule has 1 unspecified atom stereocenters. The predicted octanol–water partition coefficient (Wildman–Crippen LogP) is 3.28. The summed E-state index contributed by atoms with van der Waals surface area (Å²) in [6, 6.07) is 19.2. The number of benzene rings is 2. The number of esters is 1. The summed E-state index contributed by atoms with van der Waals surface area (Å²) >= 11 is 0. The number of hydrogen-bond donors (Lipinski definition) is 1. The molecule has 8 heteroatoms. The van der Waals surface area contributed by atoms with Crippen molar-refractivity contribution in [3.63, 3.8) is 0 Å². The maximum Gasteiger partial charge on any atom is 0.311 e. The fourth-order valence-electron chi connectivity index (χ4n) is 3.72. The normalized spacial score (nSPS) is 11.8. The van der Waals surface area contributed by atoms with Gasteiger partial charge in [0.05, 0.1) is 29.4 Å². The topological polar surface area (TPSA) is 99.0 Å². The van der Waals surface area contributed by atoms with E-state index >= 15 is 0 Å². The minimum absolute atomic E-state index is 0.134. The van der Waals surface area contributed by atoms with Crippen LogP contribution in [-0.4, -0.2) is 45.0 Å². The van der Waals surface area contributed by atoms with E-state index in [-0.39, 0.29) is 24.8 Å². The number of carbonyl (C=O) groups is 2. The molecule has 0 aliphatic heterocycles. The molecule has 1 amide bonds. The van der Waals surface area contributed by atoms with Gasteiger partial charge in [0.1, 0.15) is 0 Å². The largest absolute Gasteiger partial charge is 0.466 e. The van der Waals surface area contributed by atoms with Crippen LogP contribution in [0.1, 0.15) is 28.7 Å². The minimum Gasteiger partial charge on any atom is -0.466 e. The lowest BCUT2D eigenvalue weighted by molar-refractivity contribution is -0.147. The van der Waals surface area contributed by atoms with Gasteiger partial charge in [0.15, 0.2) is 5.69 Å². The van der Waals surface area contributed by atoms with Gasteiger partial charge in [0.25, 0.3) is 5.91 Å². The summed E-state index contributed by atoms with van der Waals surface area (Å²) in [7, 11) is 0.